The number of alkyl carbamates (subject to hydrolysis) is 1. The summed E-state index contributed by atoms with van der Waals surface area (Å²) in [4.78, 5) is 11.7. The number of nitrogens with one attached hydrogen (secondary N) is 1. The van der Waals surface area contributed by atoms with Gasteiger partial charge in [-0.15, -0.1) is 0 Å². The first-order valence-electron chi connectivity index (χ1n) is 8.52. The first-order chi connectivity index (χ1) is 10.7. The molecule has 1 aliphatic carbocycles. The predicted molar refractivity (Wildman–Crippen MR) is 95.2 cm³/mol. The van der Waals surface area contributed by atoms with Crippen molar-refractivity contribution < 1.29 is 19.0 Å². The van der Waals surface area contributed by atoms with Gasteiger partial charge in [-0.05, 0) is 40.5 Å². The molecule has 1 amide bonds. The Labute approximate surface area is 148 Å². The third-order valence-corrected chi connectivity index (χ3v) is 4.91. The van der Waals surface area contributed by atoms with Gasteiger partial charge in [-0.3, -0.25) is 0 Å². The van der Waals surface area contributed by atoms with E-state index in [2.05, 4.69) is 21.2 Å². The van der Waals surface area contributed by atoms with Crippen LogP contribution in [0, 0.1) is 0 Å². The lowest BCUT2D eigenvalue weighted by Gasteiger charge is -2.29. The molecule has 0 saturated heterocycles. The number of ether oxygens (including phenoxy) is 3. The van der Waals surface area contributed by atoms with Crippen LogP contribution in [0.3, 0.4) is 0 Å². The van der Waals surface area contributed by atoms with E-state index in [1.807, 2.05) is 27.7 Å². The Hall–Kier alpha value is -0.330. The number of carbonyl (C=O) groups is 1. The van der Waals surface area contributed by atoms with E-state index in [9.17, 15) is 4.79 Å². The lowest BCUT2D eigenvalue weighted by Crippen LogP contribution is -2.46. The molecule has 1 rings (SSSR count). The average Bonchev–Trinajstić information content (AvgIpc) is 2.49. The summed E-state index contributed by atoms with van der Waals surface area (Å²) >= 11 is 3.45. The maximum atomic E-state index is 11.7. The van der Waals surface area contributed by atoms with Crippen molar-refractivity contribution >= 4 is 22.0 Å². The SMILES string of the molecule is CC(C)(C)OC(=O)NCC(C)(CBr)OCCOC1CCCCC1. The number of hydrogen-bond donors (Lipinski definition) is 1. The molecule has 136 valence electrons. The van der Waals surface area contributed by atoms with E-state index in [-0.39, 0.29) is 0 Å². The molecule has 6 heteroatoms. The number of amides is 1. The van der Waals surface area contributed by atoms with E-state index in [0.29, 0.717) is 31.2 Å². The number of halogens is 1. The number of rotatable bonds is 8. The van der Waals surface area contributed by atoms with Crippen molar-refractivity contribution in [2.24, 2.45) is 0 Å². The monoisotopic (exact) mass is 393 g/mol. The minimum absolute atomic E-state index is 0.386. The standard InChI is InChI=1S/C17H32BrNO4/c1-16(2,3)23-15(20)19-13-17(4,12-18)22-11-10-21-14-8-6-5-7-9-14/h14H,5-13H2,1-4H3,(H,19,20). The van der Waals surface area contributed by atoms with E-state index >= 15 is 0 Å². The Bertz CT molecular complexity index is 353. The van der Waals surface area contributed by atoms with Crippen molar-refractivity contribution in [2.45, 2.75) is 77.1 Å². The minimum atomic E-state index is -0.496. The highest BCUT2D eigenvalue weighted by Gasteiger charge is 2.26. The van der Waals surface area contributed by atoms with Gasteiger partial charge >= 0.3 is 6.09 Å². The summed E-state index contributed by atoms with van der Waals surface area (Å²) in [5.41, 5.74) is -0.976. The van der Waals surface area contributed by atoms with Crippen LogP contribution in [0.1, 0.15) is 59.8 Å². The van der Waals surface area contributed by atoms with Gasteiger partial charge in [0.1, 0.15) is 5.60 Å². The Balaban J connectivity index is 2.23. The maximum Gasteiger partial charge on any atom is 0.407 e. The van der Waals surface area contributed by atoms with Gasteiger partial charge in [0, 0.05) is 5.33 Å². The number of carbonyl (C=O) groups excluding carboxylic acids is 1. The zero-order valence-corrected chi connectivity index (χ0v) is 16.5. The zero-order chi connectivity index (χ0) is 17.3. The summed E-state index contributed by atoms with van der Waals surface area (Å²) in [6.07, 6.45) is 6.16. The Morgan fingerprint density at radius 2 is 1.78 bits per heavy atom. The van der Waals surface area contributed by atoms with E-state index in [4.69, 9.17) is 14.2 Å². The quantitative estimate of drug-likeness (QED) is 0.499. The molecular weight excluding hydrogens is 362 g/mol. The van der Waals surface area contributed by atoms with Crippen LogP contribution in [-0.4, -0.2) is 48.5 Å². The van der Waals surface area contributed by atoms with Crippen molar-refractivity contribution in [3.8, 4) is 0 Å². The van der Waals surface area contributed by atoms with Gasteiger partial charge in [0.15, 0.2) is 0 Å². The molecule has 23 heavy (non-hydrogen) atoms. The number of alkyl halides is 1. The fraction of sp³-hybridized carbons (Fsp3) is 0.941. The summed E-state index contributed by atoms with van der Waals surface area (Å²) < 4.78 is 17.0. The van der Waals surface area contributed by atoms with Gasteiger partial charge in [-0.1, -0.05) is 35.2 Å². The minimum Gasteiger partial charge on any atom is -0.444 e. The molecule has 1 atom stereocenters. The second kappa shape index (κ2) is 9.84. The largest absolute Gasteiger partial charge is 0.444 e. The fourth-order valence-corrected chi connectivity index (χ4v) is 2.80. The van der Waals surface area contributed by atoms with Crippen LogP contribution in [-0.2, 0) is 14.2 Å². The summed E-state index contributed by atoms with van der Waals surface area (Å²) in [5, 5.41) is 3.39. The van der Waals surface area contributed by atoms with E-state index < -0.39 is 17.3 Å². The van der Waals surface area contributed by atoms with Crippen LogP contribution in [0.25, 0.3) is 0 Å². The lowest BCUT2D eigenvalue weighted by atomic mass is 9.98. The summed E-state index contributed by atoms with van der Waals surface area (Å²) in [7, 11) is 0. The molecule has 0 spiro atoms. The van der Waals surface area contributed by atoms with Crippen molar-refractivity contribution in [3.63, 3.8) is 0 Å². The molecule has 0 heterocycles. The van der Waals surface area contributed by atoms with Gasteiger partial charge < -0.3 is 19.5 Å². The van der Waals surface area contributed by atoms with Crippen LogP contribution >= 0.6 is 15.9 Å². The van der Waals surface area contributed by atoms with E-state index in [0.717, 1.165) is 12.8 Å². The summed E-state index contributed by atoms with van der Waals surface area (Å²) in [5.74, 6) is 0. The van der Waals surface area contributed by atoms with Crippen LogP contribution in [0.5, 0.6) is 0 Å². The van der Waals surface area contributed by atoms with Crippen LogP contribution in [0.2, 0.25) is 0 Å². The second-order valence-corrected chi connectivity index (χ2v) is 7.98. The smallest absolute Gasteiger partial charge is 0.407 e. The Morgan fingerprint density at radius 3 is 2.35 bits per heavy atom. The van der Waals surface area contributed by atoms with Gasteiger partial charge in [0.25, 0.3) is 0 Å². The molecule has 5 nitrogen and oxygen atoms in total. The lowest BCUT2D eigenvalue weighted by molar-refractivity contribution is -0.0621. The summed E-state index contributed by atoms with van der Waals surface area (Å²) in [6, 6.07) is 0. The topological polar surface area (TPSA) is 56.8 Å². The highest BCUT2D eigenvalue weighted by atomic mass is 79.9. The van der Waals surface area contributed by atoms with Gasteiger partial charge in [0.05, 0.1) is 31.5 Å². The van der Waals surface area contributed by atoms with E-state index in [1.54, 1.807) is 0 Å². The van der Waals surface area contributed by atoms with Gasteiger partial charge in [0.2, 0.25) is 0 Å². The summed E-state index contributed by atoms with van der Waals surface area (Å²) in [6.45, 7) is 8.99. The van der Waals surface area contributed by atoms with Crippen molar-refractivity contribution in [2.75, 3.05) is 25.1 Å². The first kappa shape index (κ1) is 20.7. The first-order valence-corrected chi connectivity index (χ1v) is 9.65. The number of hydrogen-bond acceptors (Lipinski definition) is 4. The molecule has 0 aromatic carbocycles. The highest BCUT2D eigenvalue weighted by molar-refractivity contribution is 9.09. The molecule has 0 aliphatic heterocycles. The average molecular weight is 394 g/mol. The molecule has 0 radical (unpaired) electrons. The van der Waals surface area contributed by atoms with Gasteiger partial charge in [-0.2, -0.15) is 0 Å². The third-order valence-electron chi connectivity index (χ3n) is 3.73. The maximum absolute atomic E-state index is 11.7. The van der Waals surface area contributed by atoms with Crippen molar-refractivity contribution in [3.05, 3.63) is 0 Å². The molecule has 1 aliphatic rings. The Morgan fingerprint density at radius 1 is 1.13 bits per heavy atom. The second-order valence-electron chi connectivity index (χ2n) is 7.42. The molecule has 1 fully saturated rings. The highest BCUT2D eigenvalue weighted by Crippen LogP contribution is 2.20. The third kappa shape index (κ3) is 9.52. The zero-order valence-electron chi connectivity index (χ0n) is 15.0. The molecule has 1 unspecified atom stereocenters. The Kier molecular flexibility index (Phi) is 8.86. The van der Waals surface area contributed by atoms with Crippen LogP contribution < -0.4 is 5.32 Å². The predicted octanol–water partition coefficient (Wildman–Crippen LogP) is 4.03. The molecule has 1 N–H and O–H groups in total. The molecule has 1 saturated carbocycles. The molecule has 0 bridgehead atoms. The van der Waals surface area contributed by atoms with E-state index in [1.165, 1.54) is 19.3 Å². The van der Waals surface area contributed by atoms with Crippen LogP contribution in [0.4, 0.5) is 4.79 Å². The van der Waals surface area contributed by atoms with Crippen LogP contribution in [0.15, 0.2) is 0 Å². The van der Waals surface area contributed by atoms with Gasteiger partial charge in [-0.25, -0.2) is 4.79 Å². The molecule has 0 aromatic rings. The molecule has 0 aromatic heterocycles. The van der Waals surface area contributed by atoms with Crippen molar-refractivity contribution in [1.29, 1.82) is 0 Å². The fourth-order valence-electron chi connectivity index (χ4n) is 2.44. The molecular formula is C17H32BrNO4. The normalized spacial score (nSPS) is 19.2. The van der Waals surface area contributed by atoms with Crippen molar-refractivity contribution in [1.82, 2.24) is 5.32 Å².